The topological polar surface area (TPSA) is 84.6 Å². The lowest BCUT2D eigenvalue weighted by Crippen LogP contribution is -2.12. The number of rotatable bonds is 4. The van der Waals surface area contributed by atoms with Gasteiger partial charge in [0.25, 0.3) is 5.91 Å². The molecule has 0 aliphatic rings. The Kier molecular flexibility index (Phi) is 4.45. The number of carbonyl (C=O) groups excluding carboxylic acids is 1. The third-order valence-electron chi connectivity index (χ3n) is 3.14. The third kappa shape index (κ3) is 3.52. The fraction of sp³-hybridized carbons (Fsp3) is 0.188. The summed E-state index contributed by atoms with van der Waals surface area (Å²) in [5, 5.41) is 12.5. The second-order valence-electron chi connectivity index (χ2n) is 4.75. The minimum Gasteiger partial charge on any atom is -0.507 e. The fourth-order valence-electron chi connectivity index (χ4n) is 1.89. The zero-order valence-corrected chi connectivity index (χ0v) is 12.0. The molecular formula is C16H18N2O3. The van der Waals surface area contributed by atoms with Crippen molar-refractivity contribution in [3.63, 3.8) is 0 Å². The maximum atomic E-state index is 12.2. The predicted molar refractivity (Wildman–Crippen MR) is 81.7 cm³/mol. The van der Waals surface area contributed by atoms with E-state index in [2.05, 4.69) is 5.32 Å². The van der Waals surface area contributed by atoms with Gasteiger partial charge < -0.3 is 20.9 Å². The number of hydrogen-bond donors (Lipinski definition) is 3. The van der Waals surface area contributed by atoms with E-state index in [1.165, 1.54) is 19.2 Å². The van der Waals surface area contributed by atoms with Crippen molar-refractivity contribution < 1.29 is 14.6 Å². The second kappa shape index (κ2) is 6.28. The molecule has 0 aromatic heterocycles. The molecule has 0 radical (unpaired) electrons. The number of nitrogens with one attached hydrogen (secondary N) is 1. The van der Waals surface area contributed by atoms with E-state index in [9.17, 15) is 9.90 Å². The predicted octanol–water partition coefficient (Wildman–Crippen LogP) is 2.67. The molecule has 0 saturated carbocycles. The molecule has 0 aliphatic carbocycles. The first-order valence-corrected chi connectivity index (χ1v) is 6.55. The van der Waals surface area contributed by atoms with Gasteiger partial charge in [0.05, 0.1) is 12.7 Å². The van der Waals surface area contributed by atoms with Gasteiger partial charge in [0.2, 0.25) is 0 Å². The number of hydrogen-bond acceptors (Lipinski definition) is 4. The number of benzene rings is 2. The van der Waals surface area contributed by atoms with Crippen LogP contribution >= 0.6 is 0 Å². The first-order valence-electron chi connectivity index (χ1n) is 6.55. The third-order valence-corrected chi connectivity index (χ3v) is 3.14. The molecule has 0 bridgehead atoms. The summed E-state index contributed by atoms with van der Waals surface area (Å²) >= 11 is 0. The van der Waals surface area contributed by atoms with Crippen molar-refractivity contribution in [2.75, 3.05) is 12.4 Å². The van der Waals surface area contributed by atoms with E-state index < -0.39 is 5.91 Å². The van der Waals surface area contributed by atoms with Crippen molar-refractivity contribution in [3.05, 3.63) is 53.6 Å². The summed E-state index contributed by atoms with van der Waals surface area (Å²) in [6.07, 6.45) is 0. The van der Waals surface area contributed by atoms with Gasteiger partial charge in [-0.1, -0.05) is 12.1 Å². The molecule has 0 spiro atoms. The molecule has 2 rings (SSSR count). The van der Waals surface area contributed by atoms with E-state index in [1.807, 2.05) is 19.1 Å². The number of amides is 1. The lowest BCUT2D eigenvalue weighted by Gasteiger charge is -2.10. The largest absolute Gasteiger partial charge is 0.507 e. The summed E-state index contributed by atoms with van der Waals surface area (Å²) in [6.45, 7) is 1.89. The number of phenols is 1. The van der Waals surface area contributed by atoms with Crippen LogP contribution in [-0.2, 0) is 0 Å². The molecule has 0 aliphatic heterocycles. The SMILES string of the molecule is COc1ccc(O)c(C(=O)Nc2ccc(C(C)N)cc2)c1. The van der Waals surface area contributed by atoms with Gasteiger partial charge in [-0.2, -0.15) is 0 Å². The molecule has 4 N–H and O–H groups in total. The number of nitrogens with two attached hydrogens (primary N) is 1. The van der Waals surface area contributed by atoms with E-state index in [1.54, 1.807) is 18.2 Å². The summed E-state index contributed by atoms with van der Waals surface area (Å²) in [5.41, 5.74) is 7.55. The van der Waals surface area contributed by atoms with Crippen LogP contribution in [0, 0.1) is 0 Å². The molecular weight excluding hydrogens is 268 g/mol. The molecule has 5 heteroatoms. The van der Waals surface area contributed by atoms with E-state index in [0.717, 1.165) is 5.56 Å². The average molecular weight is 286 g/mol. The standard InChI is InChI=1S/C16H18N2O3/c1-10(17)11-3-5-12(6-4-11)18-16(20)14-9-13(21-2)7-8-15(14)19/h3-10,19H,17H2,1-2H3,(H,18,20). The fourth-order valence-corrected chi connectivity index (χ4v) is 1.89. The van der Waals surface area contributed by atoms with Crippen LogP contribution in [0.2, 0.25) is 0 Å². The highest BCUT2D eigenvalue weighted by Crippen LogP contribution is 2.24. The highest BCUT2D eigenvalue weighted by atomic mass is 16.5. The summed E-state index contributed by atoms with van der Waals surface area (Å²) < 4.78 is 5.05. The lowest BCUT2D eigenvalue weighted by molar-refractivity contribution is 0.102. The van der Waals surface area contributed by atoms with Crippen molar-refractivity contribution in [2.45, 2.75) is 13.0 Å². The maximum Gasteiger partial charge on any atom is 0.259 e. The van der Waals surface area contributed by atoms with Crippen LogP contribution in [0.1, 0.15) is 28.9 Å². The highest BCUT2D eigenvalue weighted by Gasteiger charge is 2.12. The molecule has 1 atom stereocenters. The normalized spacial score (nSPS) is 11.8. The van der Waals surface area contributed by atoms with Crippen LogP contribution in [0.25, 0.3) is 0 Å². The Hall–Kier alpha value is -2.53. The van der Waals surface area contributed by atoms with E-state index >= 15 is 0 Å². The summed E-state index contributed by atoms with van der Waals surface area (Å²) in [7, 11) is 1.50. The summed E-state index contributed by atoms with van der Waals surface area (Å²) in [5.74, 6) is 0.00528. The van der Waals surface area contributed by atoms with E-state index in [4.69, 9.17) is 10.5 Å². The molecule has 0 fully saturated rings. The van der Waals surface area contributed by atoms with Gasteiger partial charge in [-0.15, -0.1) is 0 Å². The van der Waals surface area contributed by atoms with Crippen molar-refractivity contribution in [3.8, 4) is 11.5 Å². The summed E-state index contributed by atoms with van der Waals surface area (Å²) in [6, 6.07) is 11.7. The van der Waals surface area contributed by atoms with Crippen molar-refractivity contribution in [1.29, 1.82) is 0 Å². The van der Waals surface area contributed by atoms with Crippen LogP contribution in [0.4, 0.5) is 5.69 Å². The van der Waals surface area contributed by atoms with Crippen LogP contribution in [-0.4, -0.2) is 18.1 Å². The Morgan fingerprint density at radius 2 is 1.90 bits per heavy atom. The number of ether oxygens (including phenoxy) is 1. The quantitative estimate of drug-likeness (QED) is 0.806. The molecule has 1 amide bonds. The molecule has 21 heavy (non-hydrogen) atoms. The Morgan fingerprint density at radius 3 is 2.48 bits per heavy atom. The zero-order valence-electron chi connectivity index (χ0n) is 12.0. The van der Waals surface area contributed by atoms with Gasteiger partial charge >= 0.3 is 0 Å². The zero-order chi connectivity index (χ0) is 15.4. The minimum atomic E-state index is -0.403. The summed E-state index contributed by atoms with van der Waals surface area (Å²) in [4.78, 5) is 12.2. The average Bonchev–Trinajstić information content (AvgIpc) is 2.48. The Balaban J connectivity index is 2.17. The first kappa shape index (κ1) is 14.9. The molecule has 0 saturated heterocycles. The van der Waals surface area contributed by atoms with Crippen molar-refractivity contribution in [1.82, 2.24) is 0 Å². The van der Waals surface area contributed by atoms with Crippen LogP contribution < -0.4 is 15.8 Å². The Morgan fingerprint density at radius 1 is 1.24 bits per heavy atom. The first-order chi connectivity index (χ1) is 10.0. The molecule has 110 valence electrons. The Labute approximate surface area is 123 Å². The number of aromatic hydroxyl groups is 1. The van der Waals surface area contributed by atoms with Gasteiger partial charge in [0.15, 0.2) is 0 Å². The smallest absolute Gasteiger partial charge is 0.259 e. The number of methoxy groups -OCH3 is 1. The van der Waals surface area contributed by atoms with Gasteiger partial charge in [-0.05, 0) is 42.8 Å². The lowest BCUT2D eigenvalue weighted by atomic mass is 10.1. The van der Waals surface area contributed by atoms with Gasteiger partial charge in [0.1, 0.15) is 11.5 Å². The monoisotopic (exact) mass is 286 g/mol. The molecule has 2 aromatic rings. The van der Waals surface area contributed by atoms with Crippen LogP contribution in [0.15, 0.2) is 42.5 Å². The molecule has 2 aromatic carbocycles. The number of anilines is 1. The van der Waals surface area contributed by atoms with Crippen molar-refractivity contribution >= 4 is 11.6 Å². The highest BCUT2D eigenvalue weighted by molar-refractivity contribution is 6.06. The minimum absolute atomic E-state index is 0.0582. The maximum absolute atomic E-state index is 12.2. The van der Waals surface area contributed by atoms with Crippen LogP contribution in [0.3, 0.4) is 0 Å². The van der Waals surface area contributed by atoms with E-state index in [-0.39, 0.29) is 17.4 Å². The van der Waals surface area contributed by atoms with E-state index in [0.29, 0.717) is 11.4 Å². The van der Waals surface area contributed by atoms with Gasteiger partial charge in [0, 0.05) is 11.7 Å². The van der Waals surface area contributed by atoms with Crippen molar-refractivity contribution in [2.24, 2.45) is 5.73 Å². The molecule has 0 heterocycles. The van der Waals surface area contributed by atoms with Gasteiger partial charge in [-0.3, -0.25) is 4.79 Å². The van der Waals surface area contributed by atoms with Crippen LogP contribution in [0.5, 0.6) is 11.5 Å². The van der Waals surface area contributed by atoms with Gasteiger partial charge in [-0.25, -0.2) is 0 Å². The Bertz CT molecular complexity index is 636. The molecule has 5 nitrogen and oxygen atoms in total. The second-order valence-corrected chi connectivity index (χ2v) is 4.75. The number of phenolic OH excluding ortho intramolecular Hbond substituents is 1. The molecule has 1 unspecified atom stereocenters. The number of carbonyl (C=O) groups is 1.